The lowest BCUT2D eigenvalue weighted by molar-refractivity contribution is 0.666. The number of furan rings is 1. The zero-order chi connectivity index (χ0) is 31.1. The molecule has 0 radical (unpaired) electrons. The van der Waals surface area contributed by atoms with Gasteiger partial charge in [-0.2, -0.15) is 0 Å². The summed E-state index contributed by atoms with van der Waals surface area (Å²) in [7, 11) is 0. The van der Waals surface area contributed by atoms with Crippen LogP contribution in [-0.4, -0.2) is 19.1 Å². The van der Waals surface area contributed by atoms with E-state index in [1.54, 1.807) is 6.20 Å². The van der Waals surface area contributed by atoms with Gasteiger partial charge in [-0.25, -0.2) is 14.8 Å². The predicted octanol–water partition coefficient (Wildman–Crippen LogP) is 10.8. The Balaban J connectivity index is 1.19. The highest BCUT2D eigenvalue weighted by molar-refractivity contribution is 6.12. The van der Waals surface area contributed by atoms with Crippen molar-refractivity contribution in [2.45, 2.75) is 0 Å². The van der Waals surface area contributed by atoms with E-state index in [0.717, 1.165) is 66.3 Å². The van der Waals surface area contributed by atoms with Gasteiger partial charge in [-0.05, 0) is 66.0 Å². The van der Waals surface area contributed by atoms with Gasteiger partial charge in [0.25, 0.3) is 0 Å². The Morgan fingerprint density at radius 2 is 1.19 bits per heavy atom. The molecule has 4 aromatic heterocycles. The van der Waals surface area contributed by atoms with E-state index < -0.39 is 0 Å². The van der Waals surface area contributed by atoms with Crippen LogP contribution in [0.15, 0.2) is 144 Å². The molecule has 47 heavy (non-hydrogen) atoms. The number of hydrogen-bond donors (Lipinski definition) is 0. The summed E-state index contributed by atoms with van der Waals surface area (Å²) in [6.07, 6.45) is 1.78. The maximum absolute atomic E-state index is 7.55. The molecule has 10 aromatic rings. The summed E-state index contributed by atoms with van der Waals surface area (Å²) in [6.45, 7) is 7.55. The van der Waals surface area contributed by atoms with Crippen LogP contribution in [0.3, 0.4) is 0 Å². The van der Waals surface area contributed by atoms with Crippen molar-refractivity contribution in [2.24, 2.45) is 0 Å². The van der Waals surface area contributed by atoms with E-state index >= 15 is 0 Å². The molecule has 0 N–H and O–H groups in total. The molecule has 0 aliphatic heterocycles. The van der Waals surface area contributed by atoms with Crippen LogP contribution in [0.2, 0.25) is 0 Å². The summed E-state index contributed by atoms with van der Waals surface area (Å²) in [5.74, 6) is 0.631. The van der Waals surface area contributed by atoms with E-state index in [4.69, 9.17) is 21.0 Å². The molecule has 0 spiro atoms. The van der Waals surface area contributed by atoms with E-state index in [1.807, 2.05) is 42.5 Å². The minimum absolute atomic E-state index is 0.627. The van der Waals surface area contributed by atoms with Crippen LogP contribution in [-0.2, 0) is 0 Å². The molecule has 0 aliphatic carbocycles. The fourth-order valence-electron chi connectivity index (χ4n) is 7.17. The first-order valence-electron chi connectivity index (χ1n) is 15.5. The largest absolute Gasteiger partial charge is 0.453 e. The lowest BCUT2D eigenvalue weighted by atomic mass is 10.1. The molecule has 218 valence electrons. The second kappa shape index (κ2) is 9.64. The Hall–Kier alpha value is -6.71. The molecule has 0 bridgehead atoms. The van der Waals surface area contributed by atoms with Gasteiger partial charge in [-0.3, -0.25) is 0 Å². The minimum atomic E-state index is 0.627. The Bertz CT molecular complexity index is 2880. The molecule has 0 fully saturated rings. The molecule has 0 aliphatic rings. The standard InChI is InChI=1S/C41H23N5O/c1-42-25-18-20-37-31(22-25)29-12-4-6-14-33(29)45(37)26-19-21-38-32(23-26)40-39(47-38)24-43-41(44-40)30-13-5-9-17-36(30)46-34-15-7-2-10-27(34)28-11-3-8-16-35(28)46/h2-24H. The molecule has 0 unspecified atom stereocenters. The highest BCUT2D eigenvalue weighted by Crippen LogP contribution is 2.38. The van der Waals surface area contributed by atoms with E-state index in [0.29, 0.717) is 17.1 Å². The monoisotopic (exact) mass is 601 g/mol. The van der Waals surface area contributed by atoms with Crippen molar-refractivity contribution in [3.63, 3.8) is 0 Å². The maximum Gasteiger partial charge on any atom is 0.188 e. The van der Waals surface area contributed by atoms with Crippen molar-refractivity contribution in [3.8, 4) is 22.8 Å². The highest BCUT2D eigenvalue weighted by Gasteiger charge is 2.19. The SMILES string of the molecule is [C-]#[N+]c1ccc2c(c1)c1ccccc1n2-c1ccc2oc3cnc(-c4ccccc4-n4c5ccccc5c5ccccc54)nc3c2c1. The lowest BCUT2D eigenvalue weighted by Gasteiger charge is -2.12. The average molecular weight is 602 g/mol. The maximum atomic E-state index is 7.55. The van der Waals surface area contributed by atoms with Gasteiger partial charge in [0.1, 0.15) is 11.1 Å². The number of para-hydroxylation sites is 4. The van der Waals surface area contributed by atoms with E-state index in [1.165, 1.54) is 10.8 Å². The van der Waals surface area contributed by atoms with Gasteiger partial charge in [-0.1, -0.05) is 72.8 Å². The quantitative estimate of drug-likeness (QED) is 0.189. The summed E-state index contributed by atoms with van der Waals surface area (Å²) in [5.41, 5.74) is 10.1. The van der Waals surface area contributed by atoms with Gasteiger partial charge in [0, 0.05) is 32.8 Å². The van der Waals surface area contributed by atoms with E-state index in [9.17, 15) is 0 Å². The van der Waals surface area contributed by atoms with Crippen LogP contribution in [0.4, 0.5) is 5.69 Å². The molecule has 6 heteroatoms. The second-order valence-corrected chi connectivity index (χ2v) is 11.7. The van der Waals surface area contributed by atoms with Crippen LogP contribution in [0, 0.1) is 6.57 Å². The van der Waals surface area contributed by atoms with Gasteiger partial charge in [-0.15, -0.1) is 0 Å². The van der Waals surface area contributed by atoms with Gasteiger partial charge < -0.3 is 13.6 Å². The van der Waals surface area contributed by atoms with Gasteiger partial charge in [0.15, 0.2) is 17.1 Å². The van der Waals surface area contributed by atoms with Gasteiger partial charge >= 0.3 is 0 Å². The third kappa shape index (κ3) is 3.65. The van der Waals surface area contributed by atoms with Gasteiger partial charge in [0.05, 0.1) is 40.5 Å². The van der Waals surface area contributed by atoms with Gasteiger partial charge in [0.2, 0.25) is 0 Å². The Kier molecular flexibility index (Phi) is 5.25. The van der Waals surface area contributed by atoms with Crippen LogP contribution >= 0.6 is 0 Å². The molecule has 0 saturated heterocycles. The molecule has 10 rings (SSSR count). The molecule has 6 aromatic carbocycles. The Morgan fingerprint density at radius 3 is 1.94 bits per heavy atom. The summed E-state index contributed by atoms with van der Waals surface area (Å²) >= 11 is 0. The number of aromatic nitrogens is 4. The Labute approximate surface area is 268 Å². The average Bonchev–Trinajstić information content (AvgIpc) is 3.78. The fourth-order valence-corrected chi connectivity index (χ4v) is 7.17. The first-order valence-corrected chi connectivity index (χ1v) is 15.5. The second-order valence-electron chi connectivity index (χ2n) is 11.7. The number of hydrogen-bond acceptors (Lipinski definition) is 3. The molecular weight excluding hydrogens is 578 g/mol. The molecule has 4 heterocycles. The summed E-state index contributed by atoms with van der Waals surface area (Å²) < 4.78 is 10.8. The molecular formula is C41H23N5O. The van der Waals surface area contributed by atoms with E-state index in [-0.39, 0.29) is 0 Å². The zero-order valence-electron chi connectivity index (χ0n) is 24.9. The minimum Gasteiger partial charge on any atom is -0.453 e. The van der Waals surface area contributed by atoms with Crippen LogP contribution in [0.5, 0.6) is 0 Å². The third-order valence-corrected chi connectivity index (χ3v) is 9.20. The van der Waals surface area contributed by atoms with Crippen LogP contribution < -0.4 is 0 Å². The normalized spacial score (nSPS) is 11.8. The smallest absolute Gasteiger partial charge is 0.188 e. The highest BCUT2D eigenvalue weighted by atomic mass is 16.3. The van der Waals surface area contributed by atoms with Crippen molar-refractivity contribution < 1.29 is 4.42 Å². The molecule has 0 atom stereocenters. The summed E-state index contributed by atoms with van der Waals surface area (Å²) in [6, 6.07) is 45.8. The molecule has 6 nitrogen and oxygen atoms in total. The summed E-state index contributed by atoms with van der Waals surface area (Å²) in [4.78, 5) is 13.7. The molecule has 0 amide bonds. The van der Waals surface area contributed by atoms with Crippen LogP contribution in [0.25, 0.3) is 93.3 Å². The predicted molar refractivity (Wildman–Crippen MR) is 190 cm³/mol. The van der Waals surface area contributed by atoms with Crippen molar-refractivity contribution in [3.05, 3.63) is 151 Å². The lowest BCUT2D eigenvalue weighted by Crippen LogP contribution is -1.99. The van der Waals surface area contributed by atoms with Crippen molar-refractivity contribution in [1.29, 1.82) is 0 Å². The Morgan fingerprint density at radius 1 is 0.553 bits per heavy atom. The van der Waals surface area contributed by atoms with Crippen molar-refractivity contribution in [1.82, 2.24) is 19.1 Å². The first-order chi connectivity index (χ1) is 23.3. The van der Waals surface area contributed by atoms with Crippen molar-refractivity contribution >= 4 is 71.4 Å². The number of rotatable bonds is 3. The number of fused-ring (bicyclic) bond motifs is 9. The van der Waals surface area contributed by atoms with Crippen LogP contribution in [0.1, 0.15) is 0 Å². The summed E-state index contributed by atoms with van der Waals surface area (Å²) in [5, 5.41) is 5.49. The zero-order valence-corrected chi connectivity index (χ0v) is 24.9. The fraction of sp³-hybridized carbons (Fsp3) is 0. The number of nitrogens with zero attached hydrogens (tertiary/aromatic N) is 5. The van der Waals surface area contributed by atoms with E-state index in [2.05, 4.69) is 105 Å². The topological polar surface area (TPSA) is 53.1 Å². The number of benzene rings is 6. The first kappa shape index (κ1) is 25.6. The molecule has 0 saturated carbocycles. The van der Waals surface area contributed by atoms with Crippen molar-refractivity contribution in [2.75, 3.05) is 0 Å². The third-order valence-electron chi connectivity index (χ3n) is 9.20.